The SMILES string of the molecule is Cc1cc(C)nc(Sc2ccc(NC(=O)CNC(=O)CN)cc2)n1.Cl. The standard InChI is InChI=1S/C16H19N5O2S.ClH/c1-10-7-11(2)20-16(19-10)24-13-5-3-12(4-6-13)21-15(23)9-18-14(22)8-17;/h3-7H,8-9,17H2,1-2H3,(H,18,22)(H,21,23);1H. The van der Waals surface area contributed by atoms with Gasteiger partial charge in [-0.2, -0.15) is 0 Å². The fraction of sp³-hybridized carbons (Fsp3) is 0.250. The minimum absolute atomic E-state index is 0. The van der Waals surface area contributed by atoms with E-state index in [-0.39, 0.29) is 37.3 Å². The Morgan fingerprint density at radius 2 is 1.68 bits per heavy atom. The van der Waals surface area contributed by atoms with Gasteiger partial charge in [-0.3, -0.25) is 9.59 Å². The fourth-order valence-electron chi connectivity index (χ4n) is 1.91. The highest BCUT2D eigenvalue weighted by atomic mass is 35.5. The molecule has 0 aliphatic rings. The van der Waals surface area contributed by atoms with Crippen LogP contribution in [-0.4, -0.2) is 34.9 Å². The predicted octanol–water partition coefficient (Wildman–Crippen LogP) is 1.68. The van der Waals surface area contributed by atoms with Gasteiger partial charge < -0.3 is 16.4 Å². The van der Waals surface area contributed by atoms with Gasteiger partial charge in [-0.05, 0) is 55.9 Å². The number of nitrogens with two attached hydrogens (primary N) is 1. The average molecular weight is 382 g/mol. The highest BCUT2D eigenvalue weighted by Gasteiger charge is 2.06. The van der Waals surface area contributed by atoms with E-state index in [2.05, 4.69) is 20.6 Å². The molecule has 1 aromatic heterocycles. The van der Waals surface area contributed by atoms with E-state index in [1.807, 2.05) is 32.0 Å². The molecule has 0 unspecified atom stereocenters. The molecule has 2 aromatic rings. The molecule has 0 aliphatic heterocycles. The van der Waals surface area contributed by atoms with Crippen molar-refractivity contribution in [1.29, 1.82) is 0 Å². The van der Waals surface area contributed by atoms with Crippen molar-refractivity contribution in [3.05, 3.63) is 41.7 Å². The molecular weight excluding hydrogens is 362 g/mol. The Balaban J connectivity index is 0.00000312. The summed E-state index contributed by atoms with van der Waals surface area (Å²) >= 11 is 1.45. The summed E-state index contributed by atoms with van der Waals surface area (Å²) in [5.41, 5.74) is 7.65. The van der Waals surface area contributed by atoms with E-state index in [4.69, 9.17) is 5.73 Å². The van der Waals surface area contributed by atoms with Crippen LogP contribution in [0.25, 0.3) is 0 Å². The van der Waals surface area contributed by atoms with Gasteiger partial charge in [0.2, 0.25) is 11.8 Å². The zero-order valence-corrected chi connectivity index (χ0v) is 15.5. The Morgan fingerprint density at radius 1 is 1.08 bits per heavy atom. The molecule has 0 bridgehead atoms. The lowest BCUT2D eigenvalue weighted by atomic mass is 10.3. The maximum atomic E-state index is 11.7. The number of anilines is 1. The van der Waals surface area contributed by atoms with Crippen LogP contribution in [0.5, 0.6) is 0 Å². The van der Waals surface area contributed by atoms with Gasteiger partial charge in [0.1, 0.15) is 0 Å². The van der Waals surface area contributed by atoms with Crippen LogP contribution < -0.4 is 16.4 Å². The van der Waals surface area contributed by atoms with Gasteiger partial charge in [0.05, 0.1) is 13.1 Å². The first-order chi connectivity index (χ1) is 11.5. The minimum atomic E-state index is -0.370. The molecule has 2 rings (SSSR count). The van der Waals surface area contributed by atoms with Gasteiger partial charge in [-0.25, -0.2) is 9.97 Å². The van der Waals surface area contributed by atoms with E-state index < -0.39 is 0 Å². The maximum absolute atomic E-state index is 11.7. The predicted molar refractivity (Wildman–Crippen MR) is 100 cm³/mol. The van der Waals surface area contributed by atoms with Crippen LogP contribution in [0, 0.1) is 13.8 Å². The summed E-state index contributed by atoms with van der Waals surface area (Å²) in [7, 11) is 0. The van der Waals surface area contributed by atoms with Gasteiger partial charge in [0.25, 0.3) is 0 Å². The molecule has 134 valence electrons. The summed E-state index contributed by atoms with van der Waals surface area (Å²) in [6.45, 7) is 3.62. The molecule has 25 heavy (non-hydrogen) atoms. The fourth-order valence-corrected chi connectivity index (χ4v) is 2.77. The summed E-state index contributed by atoms with van der Waals surface area (Å²) in [6, 6.07) is 9.24. The summed E-state index contributed by atoms with van der Waals surface area (Å²) < 4.78 is 0. The van der Waals surface area contributed by atoms with Crippen molar-refractivity contribution in [2.24, 2.45) is 5.73 Å². The Bertz CT molecular complexity index is 720. The number of nitrogens with one attached hydrogen (secondary N) is 2. The number of hydrogen-bond acceptors (Lipinski definition) is 6. The number of carbonyl (C=O) groups is 2. The van der Waals surface area contributed by atoms with E-state index >= 15 is 0 Å². The van der Waals surface area contributed by atoms with E-state index in [1.54, 1.807) is 12.1 Å². The Hall–Kier alpha value is -2.16. The third-order valence-electron chi connectivity index (χ3n) is 2.94. The molecule has 1 heterocycles. The lowest BCUT2D eigenvalue weighted by molar-refractivity contribution is -0.123. The van der Waals surface area contributed by atoms with Crippen LogP contribution in [0.3, 0.4) is 0 Å². The summed E-state index contributed by atoms with van der Waals surface area (Å²) in [4.78, 5) is 32.4. The van der Waals surface area contributed by atoms with Crippen LogP contribution in [0.1, 0.15) is 11.4 Å². The number of aryl methyl sites for hydroxylation is 2. The molecule has 4 N–H and O–H groups in total. The first-order valence-corrected chi connectivity index (χ1v) is 8.15. The number of rotatable bonds is 6. The summed E-state index contributed by atoms with van der Waals surface area (Å²) in [5.74, 6) is -0.680. The number of carbonyl (C=O) groups excluding carboxylic acids is 2. The second-order valence-corrected chi connectivity index (χ2v) is 6.13. The van der Waals surface area contributed by atoms with Gasteiger partial charge in [-0.1, -0.05) is 0 Å². The second-order valence-electron chi connectivity index (χ2n) is 5.09. The van der Waals surface area contributed by atoms with E-state index in [1.165, 1.54) is 11.8 Å². The lowest BCUT2D eigenvalue weighted by Gasteiger charge is -2.07. The van der Waals surface area contributed by atoms with Crippen molar-refractivity contribution in [2.45, 2.75) is 23.9 Å². The van der Waals surface area contributed by atoms with Crippen LogP contribution in [-0.2, 0) is 9.59 Å². The molecule has 9 heteroatoms. The molecule has 0 aliphatic carbocycles. The largest absolute Gasteiger partial charge is 0.346 e. The van der Waals surface area contributed by atoms with Crippen molar-refractivity contribution < 1.29 is 9.59 Å². The number of halogens is 1. The van der Waals surface area contributed by atoms with E-state index in [9.17, 15) is 9.59 Å². The molecule has 0 saturated heterocycles. The number of nitrogens with zero attached hydrogens (tertiary/aromatic N) is 2. The first-order valence-electron chi connectivity index (χ1n) is 7.33. The normalized spacial score (nSPS) is 9.88. The van der Waals surface area contributed by atoms with Crippen molar-refractivity contribution in [3.63, 3.8) is 0 Å². The van der Waals surface area contributed by atoms with Crippen LogP contribution in [0.4, 0.5) is 5.69 Å². The molecule has 1 aromatic carbocycles. The molecule has 0 spiro atoms. The molecule has 0 atom stereocenters. The Labute approximate surface area is 156 Å². The van der Waals surface area contributed by atoms with Crippen LogP contribution >= 0.6 is 24.2 Å². The number of benzene rings is 1. The van der Waals surface area contributed by atoms with Crippen molar-refractivity contribution in [1.82, 2.24) is 15.3 Å². The third-order valence-corrected chi connectivity index (χ3v) is 3.81. The maximum Gasteiger partial charge on any atom is 0.243 e. The van der Waals surface area contributed by atoms with Crippen molar-refractivity contribution >= 4 is 41.7 Å². The Kier molecular flexibility index (Phi) is 8.33. The zero-order chi connectivity index (χ0) is 17.5. The zero-order valence-electron chi connectivity index (χ0n) is 13.9. The smallest absolute Gasteiger partial charge is 0.243 e. The monoisotopic (exact) mass is 381 g/mol. The highest BCUT2D eigenvalue weighted by molar-refractivity contribution is 7.99. The van der Waals surface area contributed by atoms with E-state index in [0.29, 0.717) is 10.8 Å². The molecule has 7 nitrogen and oxygen atoms in total. The van der Waals surface area contributed by atoms with Gasteiger partial charge in [-0.15, -0.1) is 12.4 Å². The highest BCUT2D eigenvalue weighted by Crippen LogP contribution is 2.26. The second kappa shape index (κ2) is 9.97. The van der Waals surface area contributed by atoms with Crippen LogP contribution in [0.2, 0.25) is 0 Å². The molecule has 0 saturated carbocycles. The van der Waals surface area contributed by atoms with E-state index in [0.717, 1.165) is 16.3 Å². The van der Waals surface area contributed by atoms with Crippen molar-refractivity contribution in [3.8, 4) is 0 Å². The quantitative estimate of drug-likeness (QED) is 0.656. The number of hydrogen-bond donors (Lipinski definition) is 3. The van der Waals surface area contributed by atoms with Gasteiger partial charge >= 0.3 is 0 Å². The van der Waals surface area contributed by atoms with Gasteiger partial charge in [0, 0.05) is 22.0 Å². The minimum Gasteiger partial charge on any atom is -0.346 e. The number of amides is 2. The van der Waals surface area contributed by atoms with Crippen LogP contribution in [0.15, 0.2) is 40.4 Å². The molecule has 2 amide bonds. The molecule has 0 fully saturated rings. The Morgan fingerprint density at radius 3 is 2.24 bits per heavy atom. The lowest BCUT2D eigenvalue weighted by Crippen LogP contribution is -2.36. The van der Waals surface area contributed by atoms with Gasteiger partial charge in [0.15, 0.2) is 5.16 Å². The molecular formula is C16H20ClN5O2S. The topological polar surface area (TPSA) is 110 Å². The summed E-state index contributed by atoms with van der Waals surface area (Å²) in [5, 5.41) is 5.79. The molecule has 0 radical (unpaired) electrons. The number of aromatic nitrogens is 2. The van der Waals surface area contributed by atoms with Crippen molar-refractivity contribution in [2.75, 3.05) is 18.4 Å². The first kappa shape index (κ1) is 20.9. The third kappa shape index (κ3) is 7.08. The average Bonchev–Trinajstić information content (AvgIpc) is 2.53. The summed E-state index contributed by atoms with van der Waals surface area (Å²) in [6.07, 6.45) is 0.